The lowest BCUT2D eigenvalue weighted by molar-refractivity contribution is -0.122. The number of nitrogens with zero attached hydrogens (tertiary/aromatic N) is 1. The second-order valence-corrected chi connectivity index (χ2v) is 10.3. The van der Waals surface area contributed by atoms with Gasteiger partial charge < -0.3 is 15.0 Å². The zero-order chi connectivity index (χ0) is 23.4. The Labute approximate surface area is 194 Å². The van der Waals surface area contributed by atoms with Gasteiger partial charge in [-0.05, 0) is 49.2 Å². The Hall–Kier alpha value is -2.91. The molecule has 0 spiro atoms. The molecule has 2 N–H and O–H groups in total. The van der Waals surface area contributed by atoms with Crippen molar-refractivity contribution in [1.29, 1.82) is 0 Å². The number of nitrogens with one attached hydrogen (secondary N) is 2. The van der Waals surface area contributed by atoms with E-state index in [4.69, 9.17) is 4.74 Å². The predicted octanol–water partition coefficient (Wildman–Crippen LogP) is 3.30. The number of ether oxygens (including phenoxy) is 1. The van der Waals surface area contributed by atoms with E-state index in [0.29, 0.717) is 17.1 Å². The monoisotopic (exact) mass is 471 g/mol. The molecular weight excluding hydrogens is 442 g/mol. The highest BCUT2D eigenvalue weighted by Gasteiger charge is 2.35. The second-order valence-electron chi connectivity index (χ2n) is 8.58. The van der Waals surface area contributed by atoms with E-state index in [9.17, 15) is 18.0 Å². The van der Waals surface area contributed by atoms with Crippen LogP contribution in [0, 0.1) is 5.92 Å². The molecule has 8 nitrogen and oxygen atoms in total. The lowest BCUT2D eigenvalue weighted by atomic mass is 9.96. The molecular formula is C24H29N3O5S. The van der Waals surface area contributed by atoms with Crippen LogP contribution in [0.4, 0.5) is 11.4 Å². The Morgan fingerprint density at radius 1 is 1.06 bits per heavy atom. The molecule has 4 rings (SSSR count). The third-order valence-corrected chi connectivity index (χ3v) is 7.76. The lowest BCUT2D eigenvalue weighted by Gasteiger charge is -2.22. The maximum Gasteiger partial charge on any atom is 0.240 e. The van der Waals surface area contributed by atoms with E-state index in [1.165, 1.54) is 12.1 Å². The molecule has 1 atom stereocenters. The summed E-state index contributed by atoms with van der Waals surface area (Å²) in [6, 6.07) is 13.3. The number of rotatable bonds is 7. The number of hydrogen-bond donors (Lipinski definition) is 2. The van der Waals surface area contributed by atoms with E-state index in [2.05, 4.69) is 10.0 Å². The zero-order valence-corrected chi connectivity index (χ0v) is 19.4. The van der Waals surface area contributed by atoms with Gasteiger partial charge in [-0.3, -0.25) is 9.59 Å². The standard InChI is InChI=1S/C24H29N3O5S/c1-32-21-9-5-8-20(15-21)27-16-17(14-23(27)28)24(29)25-18-10-12-22(13-11-18)33(30,31)26-19-6-3-2-4-7-19/h5,8-13,15,17,19,26H,2-4,6-7,14,16H2,1H3,(H,25,29). The van der Waals surface area contributed by atoms with Crippen LogP contribution in [0.25, 0.3) is 0 Å². The molecule has 2 fully saturated rings. The molecule has 2 aromatic carbocycles. The van der Waals surface area contributed by atoms with Crippen LogP contribution in [0.1, 0.15) is 38.5 Å². The number of benzene rings is 2. The minimum absolute atomic E-state index is 0.0180. The Kier molecular flexibility index (Phi) is 6.99. The van der Waals surface area contributed by atoms with Gasteiger partial charge in [0.2, 0.25) is 21.8 Å². The number of sulfonamides is 1. The summed E-state index contributed by atoms with van der Waals surface area (Å²) in [6.45, 7) is 0.273. The number of amides is 2. The molecule has 2 aliphatic rings. The normalized spacial score (nSPS) is 19.5. The van der Waals surface area contributed by atoms with Gasteiger partial charge in [-0.1, -0.05) is 25.3 Å². The minimum atomic E-state index is -3.60. The van der Waals surface area contributed by atoms with Crippen molar-refractivity contribution >= 4 is 33.2 Å². The molecule has 33 heavy (non-hydrogen) atoms. The summed E-state index contributed by atoms with van der Waals surface area (Å²) in [5.41, 5.74) is 1.18. The molecule has 9 heteroatoms. The van der Waals surface area contributed by atoms with Gasteiger partial charge in [-0.15, -0.1) is 0 Å². The van der Waals surface area contributed by atoms with E-state index >= 15 is 0 Å². The topological polar surface area (TPSA) is 105 Å². The molecule has 2 aromatic rings. The molecule has 176 valence electrons. The third kappa shape index (κ3) is 5.54. The average molecular weight is 472 g/mol. The first-order valence-electron chi connectivity index (χ1n) is 11.2. The Morgan fingerprint density at radius 3 is 2.48 bits per heavy atom. The summed E-state index contributed by atoms with van der Waals surface area (Å²) < 4.78 is 33.3. The van der Waals surface area contributed by atoms with Crippen molar-refractivity contribution in [3.05, 3.63) is 48.5 Å². The fourth-order valence-electron chi connectivity index (χ4n) is 4.38. The van der Waals surface area contributed by atoms with E-state index in [1.54, 1.807) is 48.4 Å². The number of methoxy groups -OCH3 is 1. The zero-order valence-electron chi connectivity index (χ0n) is 18.6. The first kappa shape index (κ1) is 23.3. The molecule has 1 saturated heterocycles. The Morgan fingerprint density at radius 2 is 1.79 bits per heavy atom. The molecule has 1 heterocycles. The van der Waals surface area contributed by atoms with Crippen LogP contribution in [0.5, 0.6) is 5.75 Å². The fourth-order valence-corrected chi connectivity index (χ4v) is 5.69. The van der Waals surface area contributed by atoms with Gasteiger partial charge in [0.15, 0.2) is 0 Å². The Balaban J connectivity index is 1.37. The SMILES string of the molecule is COc1cccc(N2CC(C(=O)Nc3ccc(S(=O)(=O)NC4CCCCC4)cc3)CC2=O)c1. The summed E-state index contributed by atoms with van der Waals surface area (Å²) >= 11 is 0. The van der Waals surface area contributed by atoms with Crippen LogP contribution in [0.2, 0.25) is 0 Å². The largest absolute Gasteiger partial charge is 0.497 e. The molecule has 1 saturated carbocycles. The summed E-state index contributed by atoms with van der Waals surface area (Å²) in [5, 5.41) is 2.80. The first-order chi connectivity index (χ1) is 15.9. The van der Waals surface area contributed by atoms with Gasteiger partial charge in [0.05, 0.1) is 17.9 Å². The number of carbonyl (C=O) groups is 2. The highest BCUT2D eigenvalue weighted by molar-refractivity contribution is 7.89. The van der Waals surface area contributed by atoms with Gasteiger partial charge in [0.25, 0.3) is 0 Å². The number of hydrogen-bond acceptors (Lipinski definition) is 5. The van der Waals surface area contributed by atoms with Crippen molar-refractivity contribution in [2.45, 2.75) is 49.5 Å². The Bertz CT molecular complexity index is 1110. The van der Waals surface area contributed by atoms with Gasteiger partial charge in [0.1, 0.15) is 5.75 Å². The molecule has 2 amide bonds. The average Bonchev–Trinajstić information content (AvgIpc) is 3.21. The van der Waals surface area contributed by atoms with Crippen LogP contribution in [0.3, 0.4) is 0 Å². The summed E-state index contributed by atoms with van der Waals surface area (Å²) in [4.78, 5) is 27.0. The van der Waals surface area contributed by atoms with Crippen molar-refractivity contribution in [3.63, 3.8) is 0 Å². The maximum atomic E-state index is 12.8. The van der Waals surface area contributed by atoms with Crippen molar-refractivity contribution in [3.8, 4) is 5.75 Å². The van der Waals surface area contributed by atoms with Crippen LogP contribution in [-0.2, 0) is 19.6 Å². The van der Waals surface area contributed by atoms with Crippen molar-refractivity contribution in [2.75, 3.05) is 23.9 Å². The highest BCUT2D eigenvalue weighted by Crippen LogP contribution is 2.29. The number of carbonyl (C=O) groups excluding carboxylic acids is 2. The summed E-state index contributed by atoms with van der Waals surface area (Å²) in [7, 11) is -2.04. The van der Waals surface area contributed by atoms with E-state index in [1.807, 2.05) is 0 Å². The molecule has 1 unspecified atom stereocenters. The van der Waals surface area contributed by atoms with Crippen LogP contribution in [0.15, 0.2) is 53.4 Å². The smallest absolute Gasteiger partial charge is 0.240 e. The van der Waals surface area contributed by atoms with E-state index < -0.39 is 15.9 Å². The van der Waals surface area contributed by atoms with Crippen LogP contribution >= 0.6 is 0 Å². The molecule has 0 radical (unpaired) electrons. The van der Waals surface area contributed by atoms with Gasteiger partial charge in [0, 0.05) is 36.4 Å². The highest BCUT2D eigenvalue weighted by atomic mass is 32.2. The fraction of sp³-hybridized carbons (Fsp3) is 0.417. The summed E-state index contributed by atoms with van der Waals surface area (Å²) in [6.07, 6.45) is 5.06. The van der Waals surface area contributed by atoms with Gasteiger partial charge >= 0.3 is 0 Å². The molecule has 0 aromatic heterocycles. The van der Waals surface area contributed by atoms with E-state index in [0.717, 1.165) is 32.1 Å². The van der Waals surface area contributed by atoms with Gasteiger partial charge in [-0.25, -0.2) is 13.1 Å². The lowest BCUT2D eigenvalue weighted by Crippen LogP contribution is -2.36. The second kappa shape index (κ2) is 9.93. The molecule has 1 aliphatic carbocycles. The van der Waals surface area contributed by atoms with Crippen LogP contribution < -0.4 is 19.7 Å². The molecule has 0 bridgehead atoms. The number of anilines is 2. The quantitative estimate of drug-likeness (QED) is 0.645. The van der Waals surface area contributed by atoms with Gasteiger partial charge in [-0.2, -0.15) is 0 Å². The third-order valence-electron chi connectivity index (χ3n) is 6.22. The van der Waals surface area contributed by atoms with Crippen molar-refractivity contribution in [2.24, 2.45) is 5.92 Å². The van der Waals surface area contributed by atoms with Crippen LogP contribution in [-0.4, -0.2) is 39.9 Å². The van der Waals surface area contributed by atoms with Crippen molar-refractivity contribution in [1.82, 2.24) is 4.72 Å². The summed E-state index contributed by atoms with van der Waals surface area (Å²) in [5.74, 6) is -0.260. The first-order valence-corrected chi connectivity index (χ1v) is 12.7. The maximum absolute atomic E-state index is 12.8. The molecule has 1 aliphatic heterocycles. The van der Waals surface area contributed by atoms with Crippen molar-refractivity contribution < 1.29 is 22.7 Å². The van der Waals surface area contributed by atoms with E-state index in [-0.39, 0.29) is 35.7 Å². The minimum Gasteiger partial charge on any atom is -0.497 e. The predicted molar refractivity (Wildman–Crippen MR) is 126 cm³/mol.